The van der Waals surface area contributed by atoms with E-state index in [1.54, 1.807) is 9.80 Å². The first-order valence-electron chi connectivity index (χ1n) is 6.97. The highest BCUT2D eigenvalue weighted by molar-refractivity contribution is 5.92. The molecule has 1 N–H and O–H groups in total. The number of hydrogen-bond donors (Lipinski definition) is 1. The molecule has 0 aromatic carbocycles. The van der Waals surface area contributed by atoms with Crippen LogP contribution in [-0.4, -0.2) is 60.9 Å². The van der Waals surface area contributed by atoms with Crippen molar-refractivity contribution in [3.05, 3.63) is 0 Å². The quantitative estimate of drug-likeness (QED) is 0.771. The van der Waals surface area contributed by atoms with Crippen molar-refractivity contribution in [3.8, 4) is 0 Å². The van der Waals surface area contributed by atoms with Crippen molar-refractivity contribution in [2.24, 2.45) is 5.92 Å². The van der Waals surface area contributed by atoms with E-state index in [0.29, 0.717) is 12.5 Å². The van der Waals surface area contributed by atoms with Crippen LogP contribution in [0.15, 0.2) is 0 Å². The number of hydrogen-bond acceptors (Lipinski definition) is 3. The normalized spacial score (nSPS) is 22.7. The fourth-order valence-electron chi connectivity index (χ4n) is 2.72. The molecule has 2 rings (SSSR count). The average molecular weight is 253 g/mol. The van der Waals surface area contributed by atoms with Crippen molar-refractivity contribution in [2.75, 3.05) is 39.3 Å². The van der Waals surface area contributed by atoms with Gasteiger partial charge in [-0.15, -0.1) is 0 Å². The van der Waals surface area contributed by atoms with E-state index in [4.69, 9.17) is 0 Å². The van der Waals surface area contributed by atoms with Gasteiger partial charge in [0.15, 0.2) is 0 Å². The molecule has 0 spiro atoms. The van der Waals surface area contributed by atoms with E-state index in [0.717, 1.165) is 38.9 Å². The zero-order valence-electron chi connectivity index (χ0n) is 11.2. The first-order chi connectivity index (χ1) is 8.70. The lowest BCUT2D eigenvalue weighted by atomic mass is 9.97. The second kappa shape index (κ2) is 6.18. The zero-order valence-corrected chi connectivity index (χ0v) is 11.2. The molecule has 0 aliphatic carbocycles. The summed E-state index contributed by atoms with van der Waals surface area (Å²) in [5.41, 5.74) is 0. The van der Waals surface area contributed by atoms with Crippen molar-refractivity contribution in [2.45, 2.75) is 26.2 Å². The molecule has 0 aromatic heterocycles. The number of piperazine rings is 1. The maximum Gasteiger partial charge on any atom is 0.242 e. The molecule has 2 heterocycles. The van der Waals surface area contributed by atoms with Crippen molar-refractivity contribution in [1.82, 2.24) is 15.1 Å². The molecule has 2 saturated heterocycles. The van der Waals surface area contributed by atoms with Gasteiger partial charge >= 0.3 is 0 Å². The molecule has 0 saturated carbocycles. The van der Waals surface area contributed by atoms with Crippen LogP contribution >= 0.6 is 0 Å². The predicted molar refractivity (Wildman–Crippen MR) is 69.0 cm³/mol. The van der Waals surface area contributed by atoms with Crippen LogP contribution < -0.4 is 5.32 Å². The first kappa shape index (κ1) is 13.3. The second-order valence-electron chi connectivity index (χ2n) is 5.28. The molecule has 5 heteroatoms. The summed E-state index contributed by atoms with van der Waals surface area (Å²) in [4.78, 5) is 27.4. The molecule has 18 heavy (non-hydrogen) atoms. The van der Waals surface area contributed by atoms with Crippen molar-refractivity contribution >= 4 is 11.8 Å². The Morgan fingerprint density at radius 3 is 2.39 bits per heavy atom. The number of carbonyl (C=O) groups is 2. The van der Waals surface area contributed by atoms with E-state index in [1.165, 1.54) is 0 Å². The first-order valence-corrected chi connectivity index (χ1v) is 6.97. The van der Waals surface area contributed by atoms with Gasteiger partial charge in [0.25, 0.3) is 0 Å². The van der Waals surface area contributed by atoms with Gasteiger partial charge in [-0.1, -0.05) is 6.92 Å². The van der Waals surface area contributed by atoms with E-state index in [-0.39, 0.29) is 24.9 Å². The summed E-state index contributed by atoms with van der Waals surface area (Å²) in [6, 6.07) is 0. The number of nitrogens with zero attached hydrogens (tertiary/aromatic N) is 2. The summed E-state index contributed by atoms with van der Waals surface area (Å²) in [5.74, 6) is 0.771. The molecular weight excluding hydrogens is 230 g/mol. The monoisotopic (exact) mass is 253 g/mol. The Morgan fingerprint density at radius 2 is 1.72 bits per heavy atom. The van der Waals surface area contributed by atoms with Crippen molar-refractivity contribution < 1.29 is 9.59 Å². The van der Waals surface area contributed by atoms with E-state index in [2.05, 4.69) is 5.32 Å². The third kappa shape index (κ3) is 3.22. The maximum absolute atomic E-state index is 12.0. The highest BCUT2D eigenvalue weighted by Crippen LogP contribution is 2.15. The van der Waals surface area contributed by atoms with Crippen LogP contribution in [0.1, 0.15) is 26.2 Å². The fraction of sp³-hybridized carbons (Fsp3) is 0.846. The van der Waals surface area contributed by atoms with Crippen LogP contribution in [0.4, 0.5) is 0 Å². The van der Waals surface area contributed by atoms with Crippen LogP contribution in [0.5, 0.6) is 0 Å². The van der Waals surface area contributed by atoms with Crippen LogP contribution in [0.2, 0.25) is 0 Å². The Balaban J connectivity index is 1.86. The number of nitrogens with one attached hydrogen (secondary N) is 1. The van der Waals surface area contributed by atoms with Crippen LogP contribution in [0.25, 0.3) is 0 Å². The van der Waals surface area contributed by atoms with Gasteiger partial charge in [-0.3, -0.25) is 9.59 Å². The lowest BCUT2D eigenvalue weighted by Gasteiger charge is -2.36. The standard InChI is InChI=1S/C13H23N3O2/c1-2-7-15-9-13(18)16(10-12(15)17)8-11-3-5-14-6-4-11/h11,14H,2-10H2,1H3. The summed E-state index contributed by atoms with van der Waals surface area (Å²) in [5, 5.41) is 3.32. The summed E-state index contributed by atoms with van der Waals surface area (Å²) in [6.45, 7) is 6.10. The molecule has 0 bridgehead atoms. The van der Waals surface area contributed by atoms with Gasteiger partial charge in [-0.25, -0.2) is 0 Å². The Hall–Kier alpha value is -1.10. The van der Waals surface area contributed by atoms with Gasteiger partial charge in [-0.05, 0) is 38.3 Å². The largest absolute Gasteiger partial charge is 0.332 e. The third-order valence-corrected chi connectivity index (χ3v) is 3.79. The highest BCUT2D eigenvalue weighted by atomic mass is 16.2. The van der Waals surface area contributed by atoms with Crippen LogP contribution in [0, 0.1) is 5.92 Å². The van der Waals surface area contributed by atoms with E-state index < -0.39 is 0 Å². The molecule has 2 aliphatic heterocycles. The van der Waals surface area contributed by atoms with Gasteiger partial charge in [0.05, 0.1) is 13.1 Å². The molecule has 102 valence electrons. The molecule has 0 radical (unpaired) electrons. The molecule has 2 amide bonds. The molecule has 0 aromatic rings. The molecular formula is C13H23N3O2. The lowest BCUT2D eigenvalue weighted by Crippen LogP contribution is -2.55. The minimum atomic E-state index is 0.102. The van der Waals surface area contributed by atoms with Gasteiger partial charge in [0.2, 0.25) is 11.8 Å². The number of rotatable bonds is 4. The van der Waals surface area contributed by atoms with E-state index >= 15 is 0 Å². The minimum absolute atomic E-state index is 0.102. The third-order valence-electron chi connectivity index (χ3n) is 3.79. The van der Waals surface area contributed by atoms with Crippen molar-refractivity contribution in [1.29, 1.82) is 0 Å². The van der Waals surface area contributed by atoms with Gasteiger partial charge < -0.3 is 15.1 Å². The molecule has 2 fully saturated rings. The fourth-order valence-corrected chi connectivity index (χ4v) is 2.72. The molecule has 0 atom stereocenters. The summed E-state index contributed by atoms with van der Waals surface area (Å²) >= 11 is 0. The smallest absolute Gasteiger partial charge is 0.242 e. The van der Waals surface area contributed by atoms with E-state index in [1.807, 2.05) is 6.92 Å². The number of carbonyl (C=O) groups excluding carboxylic acids is 2. The van der Waals surface area contributed by atoms with Gasteiger partial charge in [0, 0.05) is 13.1 Å². The van der Waals surface area contributed by atoms with Crippen molar-refractivity contribution in [3.63, 3.8) is 0 Å². The predicted octanol–water partition coefficient (Wildman–Crippen LogP) is 0.0668. The molecule has 2 aliphatic rings. The summed E-state index contributed by atoms with van der Waals surface area (Å²) in [7, 11) is 0. The highest BCUT2D eigenvalue weighted by Gasteiger charge is 2.30. The molecule has 5 nitrogen and oxygen atoms in total. The zero-order chi connectivity index (χ0) is 13.0. The summed E-state index contributed by atoms with van der Waals surface area (Å²) in [6.07, 6.45) is 3.13. The maximum atomic E-state index is 12.0. The second-order valence-corrected chi connectivity index (χ2v) is 5.28. The summed E-state index contributed by atoms with van der Waals surface area (Å²) < 4.78 is 0. The Kier molecular flexibility index (Phi) is 4.58. The van der Waals surface area contributed by atoms with E-state index in [9.17, 15) is 9.59 Å². The Labute approximate surface area is 108 Å². The van der Waals surface area contributed by atoms with Gasteiger partial charge in [0.1, 0.15) is 0 Å². The SMILES string of the molecule is CCCN1CC(=O)N(CC2CCNCC2)CC1=O. The Morgan fingerprint density at radius 1 is 1.11 bits per heavy atom. The number of piperidine rings is 1. The number of amides is 2. The molecule has 0 unspecified atom stereocenters. The van der Waals surface area contributed by atoms with Crippen LogP contribution in [-0.2, 0) is 9.59 Å². The van der Waals surface area contributed by atoms with Crippen LogP contribution in [0.3, 0.4) is 0 Å². The average Bonchev–Trinajstić information content (AvgIpc) is 2.37. The lowest BCUT2D eigenvalue weighted by molar-refractivity contribution is -0.150. The minimum Gasteiger partial charge on any atom is -0.332 e. The van der Waals surface area contributed by atoms with Gasteiger partial charge in [-0.2, -0.15) is 0 Å². The Bertz CT molecular complexity index is 313. The topological polar surface area (TPSA) is 52.7 Å².